The van der Waals surface area contributed by atoms with Crippen molar-refractivity contribution in [2.24, 2.45) is 0 Å². The Hall–Kier alpha value is -2.15. The summed E-state index contributed by atoms with van der Waals surface area (Å²) in [5, 5.41) is 17.2. The first kappa shape index (κ1) is 13.3. The zero-order chi connectivity index (χ0) is 13.7. The van der Waals surface area contributed by atoms with Gasteiger partial charge in [0, 0.05) is 12.1 Å². The summed E-state index contributed by atoms with van der Waals surface area (Å²) in [6, 6.07) is 10.2. The van der Waals surface area contributed by atoms with Crippen molar-refractivity contribution in [3.05, 3.63) is 35.5 Å². The molecule has 0 unspecified atom stereocenters. The van der Waals surface area contributed by atoms with Crippen molar-refractivity contribution in [1.29, 1.82) is 5.26 Å². The fraction of sp³-hybridized carbons (Fsp3) is 0.400. The molecule has 4 nitrogen and oxygen atoms in total. The maximum absolute atomic E-state index is 9.17. The van der Waals surface area contributed by atoms with E-state index in [1.54, 1.807) is 0 Å². The van der Waals surface area contributed by atoms with Gasteiger partial charge in [-0.15, -0.1) is 5.10 Å². The smallest absolute Gasteiger partial charge is 0.190 e. The Morgan fingerprint density at radius 2 is 2.16 bits per heavy atom. The van der Waals surface area contributed by atoms with Gasteiger partial charge in [-0.25, -0.2) is 4.68 Å². The number of nitriles is 1. The second-order valence-electron chi connectivity index (χ2n) is 4.70. The van der Waals surface area contributed by atoms with Crippen molar-refractivity contribution in [1.82, 2.24) is 15.0 Å². The van der Waals surface area contributed by atoms with Crippen molar-refractivity contribution in [3.63, 3.8) is 0 Å². The summed E-state index contributed by atoms with van der Waals surface area (Å²) >= 11 is 0. The van der Waals surface area contributed by atoms with Crippen LogP contribution in [-0.2, 0) is 6.54 Å². The molecule has 0 atom stereocenters. The summed E-state index contributed by atoms with van der Waals surface area (Å²) in [5.74, 6) is 0. The van der Waals surface area contributed by atoms with Crippen LogP contribution in [0.4, 0.5) is 0 Å². The third-order valence-corrected chi connectivity index (χ3v) is 3.11. The van der Waals surface area contributed by atoms with Gasteiger partial charge in [-0.2, -0.15) is 5.26 Å². The standard InChI is InChI=1S/C15H18N4/c1-3-4-5-9-19-15(14(11-16)17-18-19)13-8-6-7-12(2)10-13/h6-8,10H,3-5,9H2,1-2H3. The number of unbranched alkanes of at least 4 members (excludes halogenated alkanes) is 2. The molecule has 0 radical (unpaired) electrons. The predicted octanol–water partition coefficient (Wildman–Crippen LogP) is 3.32. The molecule has 0 aliphatic carbocycles. The number of aryl methyl sites for hydroxylation is 2. The quantitative estimate of drug-likeness (QED) is 0.769. The zero-order valence-corrected chi connectivity index (χ0v) is 11.4. The molecule has 0 N–H and O–H groups in total. The van der Waals surface area contributed by atoms with E-state index in [9.17, 15) is 0 Å². The van der Waals surface area contributed by atoms with E-state index in [2.05, 4.69) is 29.4 Å². The van der Waals surface area contributed by atoms with Crippen LogP contribution < -0.4 is 0 Å². The average molecular weight is 254 g/mol. The molecular formula is C15H18N4. The molecule has 0 bridgehead atoms. The molecule has 2 rings (SSSR count). The van der Waals surface area contributed by atoms with Crippen molar-refractivity contribution in [3.8, 4) is 17.3 Å². The van der Waals surface area contributed by atoms with E-state index in [-0.39, 0.29) is 0 Å². The van der Waals surface area contributed by atoms with Crippen molar-refractivity contribution < 1.29 is 0 Å². The van der Waals surface area contributed by atoms with Crippen molar-refractivity contribution >= 4 is 0 Å². The summed E-state index contributed by atoms with van der Waals surface area (Å²) in [7, 11) is 0. The average Bonchev–Trinajstić information content (AvgIpc) is 2.82. The van der Waals surface area contributed by atoms with Crippen LogP contribution in [0.5, 0.6) is 0 Å². The highest BCUT2D eigenvalue weighted by Gasteiger charge is 2.14. The molecule has 1 aromatic carbocycles. The van der Waals surface area contributed by atoms with Gasteiger partial charge in [-0.05, 0) is 19.4 Å². The van der Waals surface area contributed by atoms with E-state index in [4.69, 9.17) is 5.26 Å². The molecule has 1 heterocycles. The zero-order valence-electron chi connectivity index (χ0n) is 11.4. The molecule has 98 valence electrons. The van der Waals surface area contributed by atoms with Crippen LogP contribution in [0, 0.1) is 18.3 Å². The van der Waals surface area contributed by atoms with Gasteiger partial charge in [0.25, 0.3) is 0 Å². The van der Waals surface area contributed by atoms with E-state index >= 15 is 0 Å². The van der Waals surface area contributed by atoms with E-state index in [0.29, 0.717) is 5.69 Å². The molecule has 0 spiro atoms. The number of rotatable bonds is 5. The number of benzene rings is 1. The highest BCUT2D eigenvalue weighted by Crippen LogP contribution is 2.23. The maximum atomic E-state index is 9.17. The lowest BCUT2D eigenvalue weighted by Crippen LogP contribution is -2.03. The van der Waals surface area contributed by atoms with Gasteiger partial charge < -0.3 is 0 Å². The van der Waals surface area contributed by atoms with Crippen LogP contribution >= 0.6 is 0 Å². The molecule has 0 fully saturated rings. The summed E-state index contributed by atoms with van der Waals surface area (Å²) in [6.45, 7) is 5.02. The SMILES string of the molecule is CCCCCn1nnc(C#N)c1-c1cccc(C)c1. The van der Waals surface area contributed by atoms with Gasteiger partial charge in [-0.1, -0.05) is 48.7 Å². The Labute approximate surface area is 113 Å². The first-order valence-electron chi connectivity index (χ1n) is 6.67. The Morgan fingerprint density at radius 3 is 2.84 bits per heavy atom. The van der Waals surface area contributed by atoms with Gasteiger partial charge in [-0.3, -0.25) is 0 Å². The number of aromatic nitrogens is 3. The Bertz CT molecular complexity index is 592. The molecule has 0 amide bonds. The summed E-state index contributed by atoms with van der Waals surface area (Å²) in [4.78, 5) is 0. The fourth-order valence-corrected chi connectivity index (χ4v) is 2.13. The third-order valence-electron chi connectivity index (χ3n) is 3.11. The van der Waals surface area contributed by atoms with Crippen LogP contribution in [0.2, 0.25) is 0 Å². The molecule has 0 aliphatic heterocycles. The number of hydrogen-bond donors (Lipinski definition) is 0. The Morgan fingerprint density at radius 1 is 1.32 bits per heavy atom. The van der Waals surface area contributed by atoms with Gasteiger partial charge in [0.1, 0.15) is 11.8 Å². The van der Waals surface area contributed by atoms with Gasteiger partial charge in [0.2, 0.25) is 0 Å². The third kappa shape index (κ3) is 3.00. The Balaban J connectivity index is 2.37. The van der Waals surface area contributed by atoms with Gasteiger partial charge in [0.05, 0.1) is 0 Å². The Kier molecular flexibility index (Phi) is 4.30. The monoisotopic (exact) mass is 254 g/mol. The lowest BCUT2D eigenvalue weighted by molar-refractivity contribution is 0.541. The van der Waals surface area contributed by atoms with Crippen LogP contribution in [0.15, 0.2) is 24.3 Å². The first-order chi connectivity index (χ1) is 9.26. The predicted molar refractivity (Wildman–Crippen MR) is 74.4 cm³/mol. The van der Waals surface area contributed by atoms with Crippen LogP contribution in [-0.4, -0.2) is 15.0 Å². The molecule has 4 heteroatoms. The molecule has 0 saturated carbocycles. The summed E-state index contributed by atoms with van der Waals surface area (Å²) < 4.78 is 1.85. The van der Waals surface area contributed by atoms with Crippen LogP contribution in [0.1, 0.15) is 37.4 Å². The molecule has 2 aromatic rings. The molecule has 0 saturated heterocycles. The first-order valence-corrected chi connectivity index (χ1v) is 6.67. The van der Waals surface area contributed by atoms with E-state index in [0.717, 1.165) is 30.6 Å². The highest BCUT2D eigenvalue weighted by molar-refractivity contribution is 5.65. The molecule has 19 heavy (non-hydrogen) atoms. The minimum absolute atomic E-state index is 0.405. The van der Waals surface area contributed by atoms with Crippen molar-refractivity contribution in [2.75, 3.05) is 0 Å². The molecule has 1 aromatic heterocycles. The molecule has 0 aliphatic rings. The normalized spacial score (nSPS) is 10.4. The second-order valence-corrected chi connectivity index (χ2v) is 4.70. The lowest BCUT2D eigenvalue weighted by Gasteiger charge is -2.07. The van der Waals surface area contributed by atoms with Crippen molar-refractivity contribution in [2.45, 2.75) is 39.7 Å². The van der Waals surface area contributed by atoms with Crippen LogP contribution in [0.25, 0.3) is 11.3 Å². The topological polar surface area (TPSA) is 54.5 Å². The minimum atomic E-state index is 0.405. The van der Waals surface area contributed by atoms with Gasteiger partial charge in [0.15, 0.2) is 5.69 Å². The number of hydrogen-bond acceptors (Lipinski definition) is 3. The fourth-order valence-electron chi connectivity index (χ4n) is 2.13. The maximum Gasteiger partial charge on any atom is 0.190 e. The summed E-state index contributed by atoms with van der Waals surface area (Å²) in [6.07, 6.45) is 3.39. The van der Waals surface area contributed by atoms with Crippen LogP contribution in [0.3, 0.4) is 0 Å². The van der Waals surface area contributed by atoms with E-state index in [1.165, 1.54) is 12.0 Å². The number of nitrogens with zero attached hydrogens (tertiary/aromatic N) is 4. The lowest BCUT2D eigenvalue weighted by atomic mass is 10.1. The van der Waals surface area contributed by atoms with E-state index < -0.39 is 0 Å². The second kappa shape index (κ2) is 6.14. The molecular weight excluding hydrogens is 236 g/mol. The highest BCUT2D eigenvalue weighted by atomic mass is 15.4. The van der Waals surface area contributed by atoms with Gasteiger partial charge >= 0.3 is 0 Å². The minimum Gasteiger partial charge on any atom is -0.243 e. The largest absolute Gasteiger partial charge is 0.243 e. The van der Waals surface area contributed by atoms with E-state index in [1.807, 2.05) is 29.8 Å². The summed E-state index contributed by atoms with van der Waals surface area (Å²) in [5.41, 5.74) is 3.42.